The van der Waals surface area contributed by atoms with Crippen LogP contribution in [0, 0.1) is 0 Å². The zero-order valence-corrected chi connectivity index (χ0v) is 12.7. The van der Waals surface area contributed by atoms with Crippen LogP contribution in [0.1, 0.15) is 10.5 Å². The molecule has 0 bridgehead atoms. The van der Waals surface area contributed by atoms with Crippen molar-refractivity contribution < 1.29 is 9.90 Å². The fourth-order valence-corrected chi connectivity index (χ4v) is 3.04. The summed E-state index contributed by atoms with van der Waals surface area (Å²) in [4.78, 5) is 15.6. The molecule has 3 aromatic carbocycles. The fourth-order valence-electron chi connectivity index (χ4n) is 3.04. The van der Waals surface area contributed by atoms with Crippen molar-refractivity contribution in [3.05, 3.63) is 72.4 Å². The van der Waals surface area contributed by atoms with Crippen molar-refractivity contribution >= 4 is 33.3 Å². The molecule has 0 aliphatic heterocycles. The van der Waals surface area contributed by atoms with Crippen molar-refractivity contribution in [2.24, 2.45) is 0 Å². The number of aromatic nitrogens is 1. The van der Waals surface area contributed by atoms with Crippen LogP contribution in [0.25, 0.3) is 32.8 Å². The van der Waals surface area contributed by atoms with Crippen LogP contribution in [-0.4, -0.2) is 16.1 Å². The average molecular weight is 314 g/mol. The fraction of sp³-hybridized carbons (Fsp3) is 0. The minimum atomic E-state index is -1.04. The summed E-state index contributed by atoms with van der Waals surface area (Å²) in [7, 11) is 0. The average Bonchev–Trinajstić information content (AvgIpc) is 2.60. The lowest BCUT2D eigenvalue weighted by Crippen LogP contribution is -2.01. The number of fused-ring (bicyclic) bond motifs is 2. The zero-order chi connectivity index (χ0) is 16.7. The number of aromatic carboxylic acids is 1. The first-order valence-corrected chi connectivity index (χ1v) is 7.55. The van der Waals surface area contributed by atoms with E-state index in [0.717, 1.165) is 27.3 Å². The number of anilines is 1. The Morgan fingerprint density at radius 3 is 2.50 bits per heavy atom. The van der Waals surface area contributed by atoms with Gasteiger partial charge in [-0.2, -0.15) is 0 Å². The van der Waals surface area contributed by atoms with Gasteiger partial charge in [-0.15, -0.1) is 0 Å². The van der Waals surface area contributed by atoms with Crippen LogP contribution in [-0.2, 0) is 0 Å². The standard InChI is InChI=1S/C20H14N2O2/c21-14-10-13-8-9-18(20(23)24)22-19(13)17(11-14)16-7-3-5-12-4-1-2-6-15(12)16/h1-11H,21H2,(H,23,24). The highest BCUT2D eigenvalue weighted by molar-refractivity contribution is 6.06. The van der Waals surface area contributed by atoms with E-state index >= 15 is 0 Å². The number of hydrogen-bond acceptors (Lipinski definition) is 3. The molecular weight excluding hydrogens is 300 g/mol. The summed E-state index contributed by atoms with van der Waals surface area (Å²) in [5, 5.41) is 12.3. The second-order valence-electron chi connectivity index (χ2n) is 5.67. The first-order chi connectivity index (χ1) is 11.6. The third kappa shape index (κ3) is 2.25. The summed E-state index contributed by atoms with van der Waals surface area (Å²) >= 11 is 0. The molecule has 24 heavy (non-hydrogen) atoms. The number of rotatable bonds is 2. The van der Waals surface area contributed by atoms with Crippen LogP contribution in [0.2, 0.25) is 0 Å². The Labute approximate surface area is 138 Å². The van der Waals surface area contributed by atoms with E-state index < -0.39 is 5.97 Å². The van der Waals surface area contributed by atoms with Crippen LogP contribution in [0.15, 0.2) is 66.7 Å². The van der Waals surface area contributed by atoms with E-state index in [2.05, 4.69) is 4.98 Å². The molecule has 0 amide bonds. The molecule has 4 aromatic rings. The number of nitrogen functional groups attached to an aromatic ring is 1. The highest BCUT2D eigenvalue weighted by Crippen LogP contribution is 2.34. The molecule has 0 aliphatic rings. The van der Waals surface area contributed by atoms with Gasteiger partial charge in [0.15, 0.2) is 0 Å². The molecule has 4 heteroatoms. The molecule has 0 saturated heterocycles. The summed E-state index contributed by atoms with van der Waals surface area (Å²) in [5.41, 5.74) is 9.17. The van der Waals surface area contributed by atoms with Crippen molar-refractivity contribution in [3.63, 3.8) is 0 Å². The number of benzene rings is 3. The second kappa shape index (κ2) is 5.35. The first kappa shape index (κ1) is 14.2. The summed E-state index contributed by atoms with van der Waals surface area (Å²) in [6.45, 7) is 0. The van der Waals surface area contributed by atoms with Gasteiger partial charge in [-0.05, 0) is 34.5 Å². The van der Waals surface area contributed by atoms with Gasteiger partial charge in [0.2, 0.25) is 0 Å². The van der Waals surface area contributed by atoms with E-state index in [-0.39, 0.29) is 5.69 Å². The van der Waals surface area contributed by atoms with Crippen molar-refractivity contribution in [2.75, 3.05) is 5.73 Å². The predicted molar refractivity (Wildman–Crippen MR) is 96.1 cm³/mol. The third-order valence-corrected chi connectivity index (χ3v) is 4.11. The van der Waals surface area contributed by atoms with E-state index in [9.17, 15) is 9.90 Å². The lowest BCUT2D eigenvalue weighted by molar-refractivity contribution is 0.0691. The molecule has 4 rings (SSSR count). The monoisotopic (exact) mass is 314 g/mol. The third-order valence-electron chi connectivity index (χ3n) is 4.11. The van der Waals surface area contributed by atoms with Crippen molar-refractivity contribution in [3.8, 4) is 11.1 Å². The molecule has 0 radical (unpaired) electrons. The SMILES string of the molecule is Nc1cc(-c2cccc3ccccc23)c2nc(C(=O)O)ccc2c1. The number of pyridine rings is 1. The largest absolute Gasteiger partial charge is 0.477 e. The van der Waals surface area contributed by atoms with E-state index in [1.807, 2.05) is 54.6 Å². The molecule has 4 nitrogen and oxygen atoms in total. The Hall–Kier alpha value is -3.40. The lowest BCUT2D eigenvalue weighted by Gasteiger charge is -2.11. The molecule has 1 heterocycles. The molecule has 0 fully saturated rings. The minimum Gasteiger partial charge on any atom is -0.477 e. The summed E-state index contributed by atoms with van der Waals surface area (Å²) in [6, 6.07) is 21.0. The van der Waals surface area contributed by atoms with Gasteiger partial charge >= 0.3 is 5.97 Å². The van der Waals surface area contributed by atoms with Gasteiger partial charge in [-0.3, -0.25) is 0 Å². The molecule has 0 spiro atoms. The van der Waals surface area contributed by atoms with Gasteiger partial charge in [0.25, 0.3) is 0 Å². The molecule has 0 unspecified atom stereocenters. The van der Waals surface area contributed by atoms with Crippen LogP contribution < -0.4 is 5.73 Å². The van der Waals surface area contributed by atoms with Gasteiger partial charge in [0.1, 0.15) is 5.69 Å². The van der Waals surface area contributed by atoms with Gasteiger partial charge < -0.3 is 10.8 Å². The minimum absolute atomic E-state index is 0.0220. The van der Waals surface area contributed by atoms with E-state index in [1.54, 1.807) is 6.07 Å². The molecular formula is C20H14N2O2. The summed E-state index contributed by atoms with van der Waals surface area (Å²) in [5.74, 6) is -1.04. The van der Waals surface area contributed by atoms with Crippen molar-refractivity contribution in [2.45, 2.75) is 0 Å². The highest BCUT2D eigenvalue weighted by atomic mass is 16.4. The number of nitrogens with zero attached hydrogens (tertiary/aromatic N) is 1. The summed E-state index contributed by atoms with van der Waals surface area (Å²) < 4.78 is 0. The Bertz CT molecular complexity index is 1100. The quantitative estimate of drug-likeness (QED) is 0.540. The Morgan fingerprint density at radius 1 is 0.875 bits per heavy atom. The predicted octanol–water partition coefficient (Wildman–Crippen LogP) is 4.34. The Kier molecular flexibility index (Phi) is 3.17. The maximum Gasteiger partial charge on any atom is 0.354 e. The van der Waals surface area contributed by atoms with Crippen LogP contribution in [0.3, 0.4) is 0 Å². The van der Waals surface area contributed by atoms with Crippen molar-refractivity contribution in [1.29, 1.82) is 0 Å². The molecule has 3 N–H and O–H groups in total. The zero-order valence-electron chi connectivity index (χ0n) is 12.7. The van der Waals surface area contributed by atoms with Crippen LogP contribution in [0.4, 0.5) is 5.69 Å². The Morgan fingerprint density at radius 2 is 1.67 bits per heavy atom. The van der Waals surface area contributed by atoms with E-state index in [1.165, 1.54) is 6.07 Å². The van der Waals surface area contributed by atoms with Crippen molar-refractivity contribution in [1.82, 2.24) is 4.98 Å². The summed E-state index contributed by atoms with van der Waals surface area (Å²) in [6.07, 6.45) is 0. The first-order valence-electron chi connectivity index (χ1n) is 7.55. The maximum absolute atomic E-state index is 11.3. The maximum atomic E-state index is 11.3. The van der Waals surface area contributed by atoms with E-state index in [4.69, 9.17) is 5.73 Å². The number of nitrogens with two attached hydrogens (primary N) is 1. The smallest absolute Gasteiger partial charge is 0.354 e. The molecule has 0 aliphatic carbocycles. The van der Waals surface area contributed by atoms with Gasteiger partial charge in [-0.25, -0.2) is 9.78 Å². The molecule has 1 aromatic heterocycles. The molecule has 116 valence electrons. The van der Waals surface area contributed by atoms with Crippen LogP contribution >= 0.6 is 0 Å². The van der Waals surface area contributed by atoms with Gasteiger partial charge in [0, 0.05) is 16.6 Å². The van der Waals surface area contributed by atoms with E-state index in [0.29, 0.717) is 11.2 Å². The molecule has 0 atom stereocenters. The molecule has 0 saturated carbocycles. The number of hydrogen-bond donors (Lipinski definition) is 2. The number of carboxylic acids is 1. The Balaban J connectivity index is 2.11. The normalized spacial score (nSPS) is 11.0. The van der Waals surface area contributed by atoms with Gasteiger partial charge in [-0.1, -0.05) is 48.5 Å². The van der Waals surface area contributed by atoms with Gasteiger partial charge in [0.05, 0.1) is 5.52 Å². The topological polar surface area (TPSA) is 76.2 Å². The lowest BCUT2D eigenvalue weighted by atomic mass is 9.95. The second-order valence-corrected chi connectivity index (χ2v) is 5.67. The number of carboxylic acid groups (broad SMARTS) is 1. The van der Waals surface area contributed by atoms with Crippen LogP contribution in [0.5, 0.6) is 0 Å². The highest BCUT2D eigenvalue weighted by Gasteiger charge is 2.13. The number of carbonyl (C=O) groups is 1.